The molecule has 0 unspecified atom stereocenters. The van der Waals surface area contributed by atoms with E-state index < -0.39 is 0 Å². The first-order chi connectivity index (χ1) is 7.20. The third-order valence-corrected chi connectivity index (χ3v) is 2.45. The lowest BCUT2D eigenvalue weighted by atomic mass is 10.0. The van der Waals surface area contributed by atoms with Gasteiger partial charge in [0.25, 0.3) is 0 Å². The van der Waals surface area contributed by atoms with Gasteiger partial charge in [-0.1, -0.05) is 6.07 Å². The second-order valence-corrected chi connectivity index (χ2v) is 3.54. The lowest BCUT2D eigenvalue weighted by Gasteiger charge is -2.09. The Kier molecular flexibility index (Phi) is 4.43. The van der Waals surface area contributed by atoms with Crippen molar-refractivity contribution in [2.75, 3.05) is 18.7 Å². The highest BCUT2D eigenvalue weighted by molar-refractivity contribution is 6.17. The second-order valence-electron chi connectivity index (χ2n) is 3.16. The molecular weight excluding hydrogens is 214 g/mol. The Labute approximate surface area is 94.2 Å². The van der Waals surface area contributed by atoms with Crippen LogP contribution in [0.15, 0.2) is 18.2 Å². The van der Waals surface area contributed by atoms with Crippen molar-refractivity contribution in [3.63, 3.8) is 0 Å². The molecule has 0 atom stereocenters. The van der Waals surface area contributed by atoms with Crippen molar-refractivity contribution >= 4 is 23.3 Å². The summed E-state index contributed by atoms with van der Waals surface area (Å²) in [5, 5.41) is 0. The average molecular weight is 228 g/mol. The molecule has 0 bridgehead atoms. The van der Waals surface area contributed by atoms with Crippen LogP contribution in [0.2, 0.25) is 0 Å². The summed E-state index contributed by atoms with van der Waals surface area (Å²) in [5.41, 5.74) is 7.77. The zero-order valence-electron chi connectivity index (χ0n) is 8.63. The maximum atomic E-state index is 11.4. The Morgan fingerprint density at radius 3 is 2.87 bits per heavy atom. The molecule has 2 N–H and O–H groups in total. The number of ether oxygens (including phenoxy) is 1. The predicted octanol–water partition coefficient (Wildman–Crippen LogP) is 2.23. The molecule has 0 aliphatic heterocycles. The van der Waals surface area contributed by atoms with Crippen LogP contribution < -0.4 is 5.73 Å². The normalized spacial score (nSPS) is 10.0. The van der Waals surface area contributed by atoms with Gasteiger partial charge >= 0.3 is 5.97 Å². The molecule has 1 rings (SSSR count). The van der Waals surface area contributed by atoms with Crippen molar-refractivity contribution in [3.05, 3.63) is 29.3 Å². The molecule has 3 nitrogen and oxygen atoms in total. The number of rotatable bonds is 4. The van der Waals surface area contributed by atoms with E-state index in [0.29, 0.717) is 23.6 Å². The molecule has 0 aliphatic rings. The standard InChI is InChI=1S/C11H14ClNO2/c1-15-11(14)9-4-2-6-10(13)8(9)5-3-7-12/h2,4,6H,3,5,7,13H2,1H3. The van der Waals surface area contributed by atoms with Crippen LogP contribution in [0.3, 0.4) is 0 Å². The number of benzene rings is 1. The van der Waals surface area contributed by atoms with Crippen molar-refractivity contribution in [3.8, 4) is 0 Å². The number of nitrogen functional groups attached to an aromatic ring is 1. The van der Waals surface area contributed by atoms with Crippen LogP contribution >= 0.6 is 11.6 Å². The van der Waals surface area contributed by atoms with E-state index in [0.717, 1.165) is 12.0 Å². The number of hydrogen-bond acceptors (Lipinski definition) is 3. The minimum Gasteiger partial charge on any atom is -0.465 e. The van der Waals surface area contributed by atoms with E-state index in [1.807, 2.05) is 0 Å². The summed E-state index contributed by atoms with van der Waals surface area (Å²) >= 11 is 5.61. The number of carbonyl (C=O) groups excluding carboxylic acids is 1. The largest absolute Gasteiger partial charge is 0.465 e. The smallest absolute Gasteiger partial charge is 0.338 e. The zero-order valence-corrected chi connectivity index (χ0v) is 9.38. The number of anilines is 1. The molecule has 1 aromatic carbocycles. The first kappa shape index (κ1) is 11.9. The van der Waals surface area contributed by atoms with Gasteiger partial charge in [-0.2, -0.15) is 0 Å². The van der Waals surface area contributed by atoms with Gasteiger partial charge in [-0.25, -0.2) is 4.79 Å². The van der Waals surface area contributed by atoms with Crippen LogP contribution in [0.4, 0.5) is 5.69 Å². The number of esters is 1. The molecule has 4 heteroatoms. The van der Waals surface area contributed by atoms with Gasteiger partial charge < -0.3 is 10.5 Å². The highest BCUT2D eigenvalue weighted by atomic mass is 35.5. The van der Waals surface area contributed by atoms with Crippen LogP contribution in [0.5, 0.6) is 0 Å². The zero-order chi connectivity index (χ0) is 11.3. The third-order valence-electron chi connectivity index (χ3n) is 2.18. The van der Waals surface area contributed by atoms with E-state index in [-0.39, 0.29) is 5.97 Å². The Balaban J connectivity index is 3.03. The summed E-state index contributed by atoms with van der Waals surface area (Å²) in [6.07, 6.45) is 1.49. The Morgan fingerprint density at radius 1 is 1.53 bits per heavy atom. The first-order valence-electron chi connectivity index (χ1n) is 4.72. The molecule has 0 fully saturated rings. The van der Waals surface area contributed by atoms with E-state index in [9.17, 15) is 4.79 Å². The van der Waals surface area contributed by atoms with Crippen molar-refractivity contribution in [2.45, 2.75) is 12.8 Å². The van der Waals surface area contributed by atoms with Crippen LogP contribution in [-0.2, 0) is 11.2 Å². The summed E-state index contributed by atoms with van der Waals surface area (Å²) in [5.74, 6) is 0.196. The number of hydrogen-bond donors (Lipinski definition) is 1. The monoisotopic (exact) mass is 227 g/mol. The van der Waals surface area contributed by atoms with E-state index in [1.165, 1.54) is 7.11 Å². The summed E-state index contributed by atoms with van der Waals surface area (Å²) in [6.45, 7) is 0. The van der Waals surface area contributed by atoms with E-state index in [2.05, 4.69) is 4.74 Å². The van der Waals surface area contributed by atoms with Gasteiger partial charge in [0.1, 0.15) is 0 Å². The van der Waals surface area contributed by atoms with Crippen LogP contribution in [-0.4, -0.2) is 19.0 Å². The Bertz CT molecular complexity index is 352. The fraction of sp³-hybridized carbons (Fsp3) is 0.364. The third kappa shape index (κ3) is 2.86. The maximum absolute atomic E-state index is 11.4. The number of carbonyl (C=O) groups is 1. The SMILES string of the molecule is COC(=O)c1cccc(N)c1CCCCl. The molecule has 0 saturated heterocycles. The van der Waals surface area contributed by atoms with E-state index in [4.69, 9.17) is 17.3 Å². The summed E-state index contributed by atoms with van der Waals surface area (Å²) < 4.78 is 4.68. The Hall–Kier alpha value is -1.22. The molecule has 0 spiro atoms. The Morgan fingerprint density at radius 2 is 2.27 bits per heavy atom. The highest BCUT2D eigenvalue weighted by Crippen LogP contribution is 2.19. The molecule has 0 amide bonds. The lowest BCUT2D eigenvalue weighted by Crippen LogP contribution is -2.08. The summed E-state index contributed by atoms with van der Waals surface area (Å²) in [7, 11) is 1.36. The average Bonchev–Trinajstić information content (AvgIpc) is 2.26. The minimum atomic E-state index is -0.355. The quantitative estimate of drug-likeness (QED) is 0.488. The van der Waals surface area contributed by atoms with Crippen LogP contribution in [0, 0.1) is 0 Å². The second kappa shape index (κ2) is 5.61. The predicted molar refractivity (Wildman–Crippen MR) is 61.2 cm³/mol. The number of halogens is 1. The van der Waals surface area contributed by atoms with Gasteiger partial charge in [0.2, 0.25) is 0 Å². The number of methoxy groups -OCH3 is 1. The highest BCUT2D eigenvalue weighted by Gasteiger charge is 2.13. The van der Waals surface area contributed by atoms with Crippen molar-refractivity contribution < 1.29 is 9.53 Å². The van der Waals surface area contributed by atoms with Gasteiger partial charge in [-0.15, -0.1) is 11.6 Å². The summed E-state index contributed by atoms with van der Waals surface area (Å²) in [6, 6.07) is 5.23. The molecule has 82 valence electrons. The molecule has 0 saturated carbocycles. The fourth-order valence-electron chi connectivity index (χ4n) is 1.43. The first-order valence-corrected chi connectivity index (χ1v) is 5.25. The van der Waals surface area contributed by atoms with Crippen molar-refractivity contribution in [2.24, 2.45) is 0 Å². The van der Waals surface area contributed by atoms with Crippen molar-refractivity contribution in [1.82, 2.24) is 0 Å². The fourth-order valence-corrected chi connectivity index (χ4v) is 1.56. The molecule has 0 aromatic heterocycles. The van der Waals surface area contributed by atoms with Gasteiger partial charge in [0.05, 0.1) is 12.7 Å². The molecule has 1 aromatic rings. The molecular formula is C11H14ClNO2. The topological polar surface area (TPSA) is 52.3 Å². The van der Waals surface area contributed by atoms with Crippen LogP contribution in [0.1, 0.15) is 22.3 Å². The minimum absolute atomic E-state index is 0.355. The summed E-state index contributed by atoms with van der Waals surface area (Å²) in [4.78, 5) is 11.4. The molecule has 0 radical (unpaired) electrons. The van der Waals surface area contributed by atoms with Gasteiger partial charge in [-0.3, -0.25) is 0 Å². The van der Waals surface area contributed by atoms with Crippen molar-refractivity contribution in [1.29, 1.82) is 0 Å². The van der Waals surface area contributed by atoms with E-state index in [1.54, 1.807) is 18.2 Å². The lowest BCUT2D eigenvalue weighted by molar-refractivity contribution is 0.0599. The van der Waals surface area contributed by atoms with Crippen LogP contribution in [0.25, 0.3) is 0 Å². The molecule has 15 heavy (non-hydrogen) atoms. The molecule has 0 heterocycles. The molecule has 0 aliphatic carbocycles. The maximum Gasteiger partial charge on any atom is 0.338 e. The van der Waals surface area contributed by atoms with Gasteiger partial charge in [0, 0.05) is 11.6 Å². The number of nitrogens with two attached hydrogens (primary N) is 1. The van der Waals surface area contributed by atoms with E-state index >= 15 is 0 Å². The number of alkyl halides is 1. The van der Waals surface area contributed by atoms with Gasteiger partial charge in [0.15, 0.2) is 0 Å². The van der Waals surface area contributed by atoms with Gasteiger partial charge in [-0.05, 0) is 30.5 Å².